The predicted octanol–water partition coefficient (Wildman–Crippen LogP) is 0.709. The van der Waals surface area contributed by atoms with E-state index < -0.39 is 0 Å². The summed E-state index contributed by atoms with van der Waals surface area (Å²) in [5.74, 6) is 0.937. The highest BCUT2D eigenvalue weighted by atomic mass is 16.5. The van der Waals surface area contributed by atoms with E-state index in [9.17, 15) is 4.79 Å². The average Bonchev–Trinajstić information content (AvgIpc) is 2.70. The molecule has 0 aliphatic carbocycles. The number of carbonyl (C=O) groups excluding carboxylic acids is 1. The summed E-state index contributed by atoms with van der Waals surface area (Å²) < 4.78 is 9.87. The van der Waals surface area contributed by atoms with Gasteiger partial charge in [0, 0.05) is 19.5 Å². The van der Waals surface area contributed by atoms with Crippen LogP contribution in [-0.4, -0.2) is 35.8 Å². The van der Waals surface area contributed by atoms with Crippen molar-refractivity contribution in [2.24, 2.45) is 5.92 Å². The van der Waals surface area contributed by atoms with E-state index in [-0.39, 0.29) is 11.9 Å². The lowest BCUT2D eigenvalue weighted by atomic mass is 10.2. The smallest absolute Gasteiger partial charge is 0.309 e. The van der Waals surface area contributed by atoms with Crippen LogP contribution in [0.3, 0.4) is 0 Å². The van der Waals surface area contributed by atoms with Crippen molar-refractivity contribution in [3.05, 3.63) is 11.7 Å². The Bertz CT molecular complexity index is 351. The summed E-state index contributed by atoms with van der Waals surface area (Å²) in [6, 6.07) is 0. The van der Waals surface area contributed by atoms with Gasteiger partial charge in [0.05, 0.1) is 12.5 Å². The van der Waals surface area contributed by atoms with Crippen molar-refractivity contribution in [3.63, 3.8) is 0 Å². The van der Waals surface area contributed by atoms with Crippen LogP contribution in [0, 0.1) is 12.8 Å². The Morgan fingerprint density at radius 2 is 2.35 bits per heavy atom. The third-order valence-electron chi connectivity index (χ3n) is 2.22. The maximum absolute atomic E-state index is 11.3. The SMILES string of the molecule is CCOC(=O)C(C)CNCCc1nc(C)no1. The molecule has 0 aromatic carbocycles. The Labute approximate surface area is 101 Å². The fourth-order valence-electron chi connectivity index (χ4n) is 1.32. The molecular weight excluding hydrogens is 222 g/mol. The average molecular weight is 241 g/mol. The second-order valence-corrected chi connectivity index (χ2v) is 3.84. The van der Waals surface area contributed by atoms with Gasteiger partial charge in [0.15, 0.2) is 5.82 Å². The Kier molecular flexibility index (Phi) is 5.62. The van der Waals surface area contributed by atoms with Crippen molar-refractivity contribution in [2.45, 2.75) is 27.2 Å². The number of rotatable bonds is 7. The van der Waals surface area contributed by atoms with Crippen molar-refractivity contribution in [1.82, 2.24) is 15.5 Å². The molecule has 6 nitrogen and oxygen atoms in total. The highest BCUT2D eigenvalue weighted by Crippen LogP contribution is 1.98. The minimum atomic E-state index is -0.173. The van der Waals surface area contributed by atoms with Crippen LogP contribution in [0.2, 0.25) is 0 Å². The van der Waals surface area contributed by atoms with Crippen molar-refractivity contribution >= 4 is 5.97 Å². The van der Waals surface area contributed by atoms with Gasteiger partial charge < -0.3 is 14.6 Å². The third kappa shape index (κ3) is 4.95. The first-order valence-corrected chi connectivity index (χ1v) is 5.80. The summed E-state index contributed by atoms with van der Waals surface area (Å²) in [6.45, 7) is 7.13. The lowest BCUT2D eigenvalue weighted by molar-refractivity contribution is -0.147. The number of ether oxygens (including phenoxy) is 1. The van der Waals surface area contributed by atoms with Crippen LogP contribution >= 0.6 is 0 Å². The summed E-state index contributed by atoms with van der Waals surface area (Å²) in [6.07, 6.45) is 0.663. The van der Waals surface area contributed by atoms with Gasteiger partial charge in [0.25, 0.3) is 0 Å². The molecule has 0 saturated carbocycles. The molecule has 0 aliphatic heterocycles. The standard InChI is InChI=1S/C11H19N3O3/c1-4-16-11(15)8(2)7-12-6-5-10-13-9(3)14-17-10/h8,12H,4-7H2,1-3H3. The van der Waals surface area contributed by atoms with Gasteiger partial charge in [-0.3, -0.25) is 4.79 Å². The summed E-state index contributed by atoms with van der Waals surface area (Å²) >= 11 is 0. The molecular formula is C11H19N3O3. The molecule has 17 heavy (non-hydrogen) atoms. The summed E-state index contributed by atoms with van der Waals surface area (Å²) in [4.78, 5) is 15.4. The fraction of sp³-hybridized carbons (Fsp3) is 0.727. The van der Waals surface area contributed by atoms with Gasteiger partial charge >= 0.3 is 5.97 Å². The zero-order valence-electron chi connectivity index (χ0n) is 10.5. The van der Waals surface area contributed by atoms with E-state index in [1.165, 1.54) is 0 Å². The highest BCUT2D eigenvalue weighted by Gasteiger charge is 2.13. The van der Waals surface area contributed by atoms with E-state index in [1.54, 1.807) is 13.8 Å². The van der Waals surface area contributed by atoms with Crippen LogP contribution in [0.4, 0.5) is 0 Å². The first-order chi connectivity index (χ1) is 8.13. The predicted molar refractivity (Wildman–Crippen MR) is 61.4 cm³/mol. The molecule has 0 aliphatic rings. The lowest BCUT2D eigenvalue weighted by Gasteiger charge is -2.10. The normalized spacial score (nSPS) is 12.4. The Morgan fingerprint density at radius 1 is 1.59 bits per heavy atom. The van der Waals surface area contributed by atoms with Crippen LogP contribution in [0.5, 0.6) is 0 Å². The Balaban J connectivity index is 2.13. The molecule has 0 amide bonds. The minimum absolute atomic E-state index is 0.139. The van der Waals surface area contributed by atoms with E-state index in [4.69, 9.17) is 9.26 Å². The van der Waals surface area contributed by atoms with E-state index in [0.717, 1.165) is 0 Å². The fourth-order valence-corrected chi connectivity index (χ4v) is 1.32. The van der Waals surface area contributed by atoms with Gasteiger partial charge in [-0.15, -0.1) is 0 Å². The zero-order chi connectivity index (χ0) is 12.7. The molecule has 1 N–H and O–H groups in total. The van der Waals surface area contributed by atoms with Crippen LogP contribution < -0.4 is 5.32 Å². The van der Waals surface area contributed by atoms with Gasteiger partial charge in [-0.25, -0.2) is 0 Å². The zero-order valence-corrected chi connectivity index (χ0v) is 10.5. The molecule has 0 bridgehead atoms. The first-order valence-electron chi connectivity index (χ1n) is 5.80. The number of esters is 1. The molecule has 1 heterocycles. The number of hydrogen-bond donors (Lipinski definition) is 1. The van der Waals surface area contributed by atoms with Crippen LogP contribution in [0.1, 0.15) is 25.6 Å². The third-order valence-corrected chi connectivity index (χ3v) is 2.22. The van der Waals surface area contributed by atoms with Crippen molar-refractivity contribution < 1.29 is 14.1 Å². The molecule has 0 radical (unpaired) electrons. The minimum Gasteiger partial charge on any atom is -0.466 e. The largest absolute Gasteiger partial charge is 0.466 e. The maximum Gasteiger partial charge on any atom is 0.309 e. The van der Waals surface area contributed by atoms with E-state index in [1.807, 2.05) is 6.92 Å². The number of nitrogens with zero attached hydrogens (tertiary/aromatic N) is 2. The first kappa shape index (κ1) is 13.6. The van der Waals surface area contributed by atoms with Gasteiger partial charge in [-0.05, 0) is 13.8 Å². The van der Waals surface area contributed by atoms with Crippen molar-refractivity contribution in [1.29, 1.82) is 0 Å². The quantitative estimate of drug-likeness (QED) is 0.559. The molecule has 1 rings (SSSR count). The summed E-state index contributed by atoms with van der Waals surface area (Å²) in [5.41, 5.74) is 0. The molecule has 1 aromatic rings. The summed E-state index contributed by atoms with van der Waals surface area (Å²) in [7, 11) is 0. The van der Waals surface area contributed by atoms with Crippen molar-refractivity contribution in [3.8, 4) is 0 Å². The molecule has 96 valence electrons. The monoisotopic (exact) mass is 241 g/mol. The number of carbonyl (C=O) groups is 1. The van der Waals surface area contributed by atoms with Crippen LogP contribution in [0.25, 0.3) is 0 Å². The second kappa shape index (κ2) is 7.01. The Hall–Kier alpha value is -1.43. The molecule has 6 heteroatoms. The number of hydrogen-bond acceptors (Lipinski definition) is 6. The van der Waals surface area contributed by atoms with Gasteiger partial charge in [-0.2, -0.15) is 4.98 Å². The van der Waals surface area contributed by atoms with Crippen LogP contribution in [0.15, 0.2) is 4.52 Å². The van der Waals surface area contributed by atoms with Crippen LogP contribution in [-0.2, 0) is 16.0 Å². The highest BCUT2D eigenvalue weighted by molar-refractivity contribution is 5.72. The van der Waals surface area contributed by atoms with Gasteiger partial charge in [-0.1, -0.05) is 12.1 Å². The van der Waals surface area contributed by atoms with Gasteiger partial charge in [0.1, 0.15) is 0 Å². The van der Waals surface area contributed by atoms with E-state index in [2.05, 4.69) is 15.5 Å². The number of aromatic nitrogens is 2. The van der Waals surface area contributed by atoms with Gasteiger partial charge in [0.2, 0.25) is 5.89 Å². The molecule has 0 fully saturated rings. The topological polar surface area (TPSA) is 77.2 Å². The molecule has 0 spiro atoms. The maximum atomic E-state index is 11.3. The van der Waals surface area contributed by atoms with Crippen molar-refractivity contribution in [2.75, 3.05) is 19.7 Å². The molecule has 1 unspecified atom stereocenters. The molecule has 1 aromatic heterocycles. The Morgan fingerprint density at radius 3 is 2.94 bits per heavy atom. The lowest BCUT2D eigenvalue weighted by Crippen LogP contribution is -2.29. The number of aryl methyl sites for hydroxylation is 1. The van der Waals surface area contributed by atoms with E-state index >= 15 is 0 Å². The summed E-state index contributed by atoms with van der Waals surface area (Å²) in [5, 5.41) is 6.85. The number of nitrogens with one attached hydrogen (secondary N) is 1. The molecule has 0 saturated heterocycles. The molecule has 1 atom stereocenters. The van der Waals surface area contributed by atoms with E-state index in [0.29, 0.717) is 37.8 Å². The second-order valence-electron chi connectivity index (χ2n) is 3.84.